The van der Waals surface area contributed by atoms with Crippen LogP contribution in [-0.4, -0.2) is 37.2 Å². The van der Waals surface area contributed by atoms with E-state index in [2.05, 4.69) is 76.6 Å². The highest BCUT2D eigenvalue weighted by molar-refractivity contribution is 6.01. The number of fused-ring (bicyclic) bond motifs is 1. The number of nitrogens with one attached hydrogen (secondary N) is 1. The van der Waals surface area contributed by atoms with E-state index in [1.54, 1.807) is 14.2 Å². The van der Waals surface area contributed by atoms with Crippen LogP contribution < -0.4 is 25.4 Å². The van der Waals surface area contributed by atoms with Gasteiger partial charge in [-0.05, 0) is 91.0 Å². The lowest BCUT2D eigenvalue weighted by atomic mass is 10.0. The molecular weight excluding hydrogens is 558 g/mol. The van der Waals surface area contributed by atoms with E-state index in [1.807, 2.05) is 36.4 Å². The van der Waals surface area contributed by atoms with Gasteiger partial charge in [0.15, 0.2) is 5.82 Å². The number of aryl methyl sites for hydroxylation is 1. The lowest BCUT2D eigenvalue weighted by Gasteiger charge is -2.27. The number of nitrogens with two attached hydrogens (primary N) is 1. The van der Waals surface area contributed by atoms with Gasteiger partial charge in [0.1, 0.15) is 11.5 Å². The van der Waals surface area contributed by atoms with Crippen molar-refractivity contribution in [1.82, 2.24) is 9.88 Å². The van der Waals surface area contributed by atoms with Crippen molar-refractivity contribution in [3.8, 4) is 11.5 Å². The summed E-state index contributed by atoms with van der Waals surface area (Å²) in [5.41, 5.74) is 15.7. The lowest BCUT2D eigenvalue weighted by molar-refractivity contribution is 0.330. The van der Waals surface area contributed by atoms with Crippen molar-refractivity contribution in [3.05, 3.63) is 119 Å². The quantitative estimate of drug-likeness (QED) is 0.153. The fraction of sp³-hybridized carbons (Fsp3) is 0.289. The molecule has 4 aromatic carbocycles. The average molecular weight is 602 g/mol. The number of pyridine rings is 1. The van der Waals surface area contributed by atoms with Crippen LogP contribution in [-0.2, 0) is 26.2 Å². The van der Waals surface area contributed by atoms with Crippen molar-refractivity contribution < 1.29 is 9.47 Å². The van der Waals surface area contributed by atoms with Crippen LogP contribution in [0, 0.1) is 6.92 Å². The Kier molecular flexibility index (Phi) is 9.36. The molecule has 0 unspecified atom stereocenters. The van der Waals surface area contributed by atoms with Crippen LogP contribution in [0.25, 0.3) is 10.9 Å². The minimum absolute atomic E-state index is 0.628. The molecule has 7 nitrogen and oxygen atoms in total. The number of rotatable bonds is 12. The first-order chi connectivity index (χ1) is 22.0. The smallest absolute Gasteiger partial charge is 0.155 e. The number of para-hydroxylation sites is 1. The minimum Gasteiger partial charge on any atom is -0.497 e. The van der Waals surface area contributed by atoms with E-state index in [9.17, 15) is 0 Å². The summed E-state index contributed by atoms with van der Waals surface area (Å²) in [6.07, 6.45) is 2.62. The summed E-state index contributed by atoms with van der Waals surface area (Å²) in [4.78, 5) is 9.93. The summed E-state index contributed by atoms with van der Waals surface area (Å²) < 4.78 is 10.8. The van der Waals surface area contributed by atoms with Crippen LogP contribution in [0.1, 0.15) is 40.7 Å². The van der Waals surface area contributed by atoms with E-state index in [1.165, 1.54) is 42.6 Å². The molecule has 3 N–H and O–H groups in total. The van der Waals surface area contributed by atoms with E-state index < -0.39 is 0 Å². The predicted octanol–water partition coefficient (Wildman–Crippen LogP) is 7.56. The molecule has 0 saturated carbocycles. The molecule has 0 amide bonds. The Morgan fingerprint density at radius 2 is 1.40 bits per heavy atom. The molecule has 0 spiro atoms. The predicted molar refractivity (Wildman–Crippen MR) is 185 cm³/mol. The average Bonchev–Trinajstić information content (AvgIpc) is 3.59. The SMILES string of the molecule is COc1ccc(CN(Cc2ccc(OC)cc2)c2nc3ccccc3c(NCc3ccc(CN4CCCC4)c(C)c3)c2N)cc1. The van der Waals surface area contributed by atoms with Crippen molar-refractivity contribution in [2.75, 3.05) is 43.3 Å². The van der Waals surface area contributed by atoms with Crippen molar-refractivity contribution >= 4 is 28.1 Å². The summed E-state index contributed by atoms with van der Waals surface area (Å²) in [5.74, 6) is 2.41. The molecular formula is C38H43N5O2. The number of hydrogen-bond donors (Lipinski definition) is 2. The fourth-order valence-electron chi connectivity index (χ4n) is 6.17. The summed E-state index contributed by atoms with van der Waals surface area (Å²) in [7, 11) is 3.37. The van der Waals surface area contributed by atoms with Crippen LogP contribution in [0.15, 0.2) is 91.0 Å². The largest absolute Gasteiger partial charge is 0.497 e. The van der Waals surface area contributed by atoms with Crippen LogP contribution in [0.5, 0.6) is 11.5 Å². The highest BCUT2D eigenvalue weighted by atomic mass is 16.5. The maximum Gasteiger partial charge on any atom is 0.155 e. The fourth-order valence-corrected chi connectivity index (χ4v) is 6.17. The van der Waals surface area contributed by atoms with Gasteiger partial charge in [0.25, 0.3) is 0 Å². The number of benzene rings is 4. The molecule has 1 aliphatic rings. The molecule has 0 aliphatic carbocycles. The van der Waals surface area contributed by atoms with E-state index in [0.717, 1.165) is 51.6 Å². The van der Waals surface area contributed by atoms with Gasteiger partial charge < -0.3 is 25.4 Å². The van der Waals surface area contributed by atoms with E-state index in [0.29, 0.717) is 25.3 Å². The lowest BCUT2D eigenvalue weighted by Crippen LogP contribution is -2.25. The molecule has 5 aromatic rings. The number of methoxy groups -OCH3 is 2. The molecule has 1 fully saturated rings. The van der Waals surface area contributed by atoms with Gasteiger partial charge in [-0.25, -0.2) is 4.98 Å². The molecule has 6 rings (SSSR count). The van der Waals surface area contributed by atoms with E-state index in [4.69, 9.17) is 20.2 Å². The third-order valence-corrected chi connectivity index (χ3v) is 8.74. The second kappa shape index (κ2) is 13.9. The minimum atomic E-state index is 0.628. The number of nitrogens with zero attached hydrogens (tertiary/aromatic N) is 3. The summed E-state index contributed by atoms with van der Waals surface area (Å²) in [6, 6.07) is 31.4. The van der Waals surface area contributed by atoms with Gasteiger partial charge in [-0.2, -0.15) is 0 Å². The topological polar surface area (TPSA) is 75.9 Å². The zero-order valence-corrected chi connectivity index (χ0v) is 26.6. The van der Waals surface area contributed by atoms with Gasteiger partial charge in [-0.15, -0.1) is 0 Å². The van der Waals surface area contributed by atoms with Crippen molar-refractivity contribution in [1.29, 1.82) is 0 Å². The first-order valence-corrected chi connectivity index (χ1v) is 15.7. The summed E-state index contributed by atoms with van der Waals surface area (Å²) in [6.45, 7) is 7.58. The molecule has 1 aromatic heterocycles. The van der Waals surface area contributed by atoms with Crippen LogP contribution in [0.4, 0.5) is 17.2 Å². The molecule has 0 bridgehead atoms. The highest BCUT2D eigenvalue weighted by Gasteiger charge is 2.20. The second-order valence-electron chi connectivity index (χ2n) is 11.9. The highest BCUT2D eigenvalue weighted by Crippen LogP contribution is 2.37. The van der Waals surface area contributed by atoms with Crippen LogP contribution >= 0.6 is 0 Å². The third-order valence-electron chi connectivity index (χ3n) is 8.74. The van der Waals surface area contributed by atoms with Gasteiger partial charge in [0.05, 0.1) is 31.1 Å². The Morgan fingerprint density at radius 1 is 0.800 bits per heavy atom. The molecule has 1 aliphatic heterocycles. The Bertz CT molecular complexity index is 1680. The number of hydrogen-bond acceptors (Lipinski definition) is 7. The first kappa shape index (κ1) is 30.3. The Labute approximate surface area is 266 Å². The number of ether oxygens (including phenoxy) is 2. The van der Waals surface area contributed by atoms with Gasteiger partial charge in [-0.3, -0.25) is 4.90 Å². The molecule has 232 valence electrons. The Hall–Kier alpha value is -4.75. The van der Waals surface area contributed by atoms with E-state index >= 15 is 0 Å². The molecule has 2 heterocycles. The maximum atomic E-state index is 7.05. The first-order valence-electron chi connectivity index (χ1n) is 15.7. The number of anilines is 3. The zero-order valence-electron chi connectivity index (χ0n) is 26.6. The molecule has 7 heteroatoms. The van der Waals surface area contributed by atoms with Gasteiger partial charge >= 0.3 is 0 Å². The molecule has 45 heavy (non-hydrogen) atoms. The number of nitrogen functional groups attached to an aromatic ring is 1. The van der Waals surface area contributed by atoms with Crippen LogP contribution in [0.3, 0.4) is 0 Å². The third kappa shape index (κ3) is 7.15. The second-order valence-corrected chi connectivity index (χ2v) is 11.9. The normalized spacial score (nSPS) is 13.2. The maximum absolute atomic E-state index is 7.05. The van der Waals surface area contributed by atoms with Crippen molar-refractivity contribution in [2.45, 2.75) is 45.9 Å². The van der Waals surface area contributed by atoms with Gasteiger partial charge in [0.2, 0.25) is 0 Å². The Morgan fingerprint density at radius 3 is 2.00 bits per heavy atom. The number of aromatic nitrogens is 1. The van der Waals surface area contributed by atoms with Crippen molar-refractivity contribution in [2.24, 2.45) is 0 Å². The number of likely N-dealkylation sites (tertiary alicyclic amines) is 1. The summed E-state index contributed by atoms with van der Waals surface area (Å²) in [5, 5.41) is 4.72. The molecule has 1 saturated heterocycles. The standard InChI is InChI=1S/C38H43N5O2/c1-27-22-30(10-15-31(27)26-42-20-6-7-21-42)23-40-37-34-8-4-5-9-35(34)41-38(36(37)39)43(24-28-11-16-32(44-2)17-12-28)25-29-13-18-33(45-3)19-14-29/h4-5,8-19,22H,6-7,20-21,23-26,39H2,1-3H3,(H,40,41). The monoisotopic (exact) mass is 601 g/mol. The van der Waals surface area contributed by atoms with Gasteiger partial charge in [-0.1, -0.05) is 60.7 Å². The zero-order chi connectivity index (χ0) is 31.2. The summed E-state index contributed by atoms with van der Waals surface area (Å²) >= 11 is 0. The van der Waals surface area contributed by atoms with E-state index in [-0.39, 0.29) is 0 Å². The Balaban J connectivity index is 1.32. The molecule has 0 radical (unpaired) electrons. The molecule has 0 atom stereocenters. The van der Waals surface area contributed by atoms with Crippen LogP contribution in [0.2, 0.25) is 0 Å². The van der Waals surface area contributed by atoms with Crippen molar-refractivity contribution in [3.63, 3.8) is 0 Å². The van der Waals surface area contributed by atoms with Gasteiger partial charge in [0, 0.05) is 31.6 Å².